The lowest BCUT2D eigenvalue weighted by molar-refractivity contribution is -0.117. The lowest BCUT2D eigenvalue weighted by Gasteiger charge is -2.12. The summed E-state index contributed by atoms with van der Waals surface area (Å²) >= 11 is 1.25. The zero-order valence-corrected chi connectivity index (χ0v) is 15.5. The van der Waals surface area contributed by atoms with E-state index >= 15 is 0 Å². The second-order valence-electron chi connectivity index (χ2n) is 5.97. The maximum atomic E-state index is 12.9. The van der Waals surface area contributed by atoms with E-state index < -0.39 is 23.7 Å². The van der Waals surface area contributed by atoms with Crippen molar-refractivity contribution < 1.29 is 14.0 Å². The summed E-state index contributed by atoms with van der Waals surface area (Å²) in [5.74, 6) is -1.31. The Bertz CT molecular complexity index is 955. The molecule has 0 fully saturated rings. The van der Waals surface area contributed by atoms with Crippen LogP contribution < -0.4 is 10.6 Å². The Hall–Kier alpha value is -3.13. The van der Waals surface area contributed by atoms with Gasteiger partial charge in [0.1, 0.15) is 16.9 Å². The molecule has 27 heavy (non-hydrogen) atoms. The number of halogens is 1. The van der Waals surface area contributed by atoms with Crippen LogP contribution in [-0.2, 0) is 4.79 Å². The third-order valence-electron chi connectivity index (χ3n) is 3.80. The summed E-state index contributed by atoms with van der Waals surface area (Å²) in [5.41, 5.74) is 2.33. The standard InChI is InChI=1S/C19H17FN4O2S/c1-11-3-5-14(6-4-11)18-23-24-19(27-18)22-16(25)12(2)21-17(26)13-7-9-15(20)10-8-13/h3-10,12H,1-2H3,(H,21,26)(H,22,24,25)/t12-/m1/s1. The molecule has 2 N–H and O–H groups in total. The first-order chi connectivity index (χ1) is 12.9. The average Bonchev–Trinajstić information content (AvgIpc) is 3.11. The summed E-state index contributed by atoms with van der Waals surface area (Å²) < 4.78 is 12.9. The van der Waals surface area contributed by atoms with Crippen molar-refractivity contribution >= 4 is 28.3 Å². The SMILES string of the molecule is Cc1ccc(-c2nnc(NC(=O)[C@@H](C)NC(=O)c3ccc(F)cc3)s2)cc1. The Kier molecular flexibility index (Phi) is 5.56. The molecule has 8 heteroatoms. The second-order valence-corrected chi connectivity index (χ2v) is 6.95. The summed E-state index contributed by atoms with van der Waals surface area (Å²) in [5, 5.41) is 14.3. The highest BCUT2D eigenvalue weighted by molar-refractivity contribution is 7.18. The van der Waals surface area contributed by atoms with E-state index in [0.717, 1.165) is 11.1 Å². The van der Waals surface area contributed by atoms with Crippen molar-refractivity contribution in [1.82, 2.24) is 15.5 Å². The molecule has 0 spiro atoms. The zero-order chi connectivity index (χ0) is 19.4. The first-order valence-corrected chi connectivity index (χ1v) is 9.02. The summed E-state index contributed by atoms with van der Waals surface area (Å²) in [7, 11) is 0. The molecule has 0 aliphatic heterocycles. The minimum Gasteiger partial charge on any atom is -0.341 e. The van der Waals surface area contributed by atoms with Gasteiger partial charge in [0.2, 0.25) is 11.0 Å². The van der Waals surface area contributed by atoms with Crippen LogP contribution in [0.2, 0.25) is 0 Å². The third-order valence-corrected chi connectivity index (χ3v) is 4.69. The molecule has 3 rings (SSSR count). The van der Waals surface area contributed by atoms with Crippen LogP contribution in [-0.4, -0.2) is 28.1 Å². The number of anilines is 1. The van der Waals surface area contributed by atoms with Gasteiger partial charge in [-0.05, 0) is 38.1 Å². The summed E-state index contributed by atoms with van der Waals surface area (Å²) in [6, 6.07) is 12.1. The molecule has 0 bridgehead atoms. The van der Waals surface area contributed by atoms with Crippen molar-refractivity contribution in [3.63, 3.8) is 0 Å². The van der Waals surface area contributed by atoms with Crippen LogP contribution in [0.4, 0.5) is 9.52 Å². The maximum absolute atomic E-state index is 12.9. The minimum atomic E-state index is -0.797. The van der Waals surface area contributed by atoms with Crippen molar-refractivity contribution in [2.24, 2.45) is 0 Å². The molecule has 0 aliphatic rings. The number of hydrogen-bond donors (Lipinski definition) is 2. The molecule has 1 aromatic heterocycles. The molecule has 2 aromatic carbocycles. The molecule has 2 amide bonds. The first-order valence-electron chi connectivity index (χ1n) is 8.20. The quantitative estimate of drug-likeness (QED) is 0.706. The average molecular weight is 384 g/mol. The largest absolute Gasteiger partial charge is 0.341 e. The molecule has 3 aromatic rings. The monoisotopic (exact) mass is 384 g/mol. The zero-order valence-electron chi connectivity index (χ0n) is 14.7. The molecular weight excluding hydrogens is 367 g/mol. The Morgan fingerprint density at radius 1 is 1.04 bits per heavy atom. The lowest BCUT2D eigenvalue weighted by atomic mass is 10.2. The Morgan fingerprint density at radius 3 is 2.37 bits per heavy atom. The van der Waals surface area contributed by atoms with Gasteiger partial charge in [-0.2, -0.15) is 0 Å². The molecule has 6 nitrogen and oxygen atoms in total. The number of aryl methyl sites for hydroxylation is 1. The van der Waals surface area contributed by atoms with Crippen molar-refractivity contribution in [3.05, 3.63) is 65.5 Å². The molecule has 0 aliphatic carbocycles. The van der Waals surface area contributed by atoms with Crippen molar-refractivity contribution in [2.45, 2.75) is 19.9 Å². The van der Waals surface area contributed by atoms with Crippen LogP contribution in [0.5, 0.6) is 0 Å². The minimum absolute atomic E-state index is 0.272. The number of benzene rings is 2. The molecular formula is C19H17FN4O2S. The van der Waals surface area contributed by atoms with Crippen LogP contribution in [0.15, 0.2) is 48.5 Å². The number of carbonyl (C=O) groups is 2. The van der Waals surface area contributed by atoms with E-state index in [1.165, 1.54) is 35.6 Å². The van der Waals surface area contributed by atoms with Crippen molar-refractivity contribution in [3.8, 4) is 10.6 Å². The fraction of sp³-hybridized carbons (Fsp3) is 0.158. The van der Waals surface area contributed by atoms with Crippen molar-refractivity contribution in [1.29, 1.82) is 0 Å². The summed E-state index contributed by atoms with van der Waals surface area (Å²) in [4.78, 5) is 24.4. The number of carbonyl (C=O) groups excluding carboxylic acids is 2. The molecule has 0 saturated carbocycles. The van der Waals surface area contributed by atoms with Gasteiger partial charge in [-0.25, -0.2) is 4.39 Å². The number of aromatic nitrogens is 2. The molecule has 0 radical (unpaired) electrons. The smallest absolute Gasteiger partial charge is 0.251 e. The lowest BCUT2D eigenvalue weighted by Crippen LogP contribution is -2.41. The van der Waals surface area contributed by atoms with E-state index in [-0.39, 0.29) is 5.56 Å². The highest BCUT2D eigenvalue weighted by Gasteiger charge is 2.18. The molecule has 0 saturated heterocycles. The van der Waals surface area contributed by atoms with E-state index in [4.69, 9.17) is 0 Å². The van der Waals surface area contributed by atoms with E-state index in [1.54, 1.807) is 6.92 Å². The van der Waals surface area contributed by atoms with Gasteiger partial charge < -0.3 is 5.32 Å². The first kappa shape index (κ1) is 18.7. The van der Waals surface area contributed by atoms with Crippen molar-refractivity contribution in [2.75, 3.05) is 5.32 Å². The van der Waals surface area contributed by atoms with Gasteiger partial charge in [0, 0.05) is 11.1 Å². The van der Waals surface area contributed by atoms with E-state index in [0.29, 0.717) is 10.1 Å². The summed E-state index contributed by atoms with van der Waals surface area (Å²) in [6.45, 7) is 3.55. The molecule has 1 atom stereocenters. The summed E-state index contributed by atoms with van der Waals surface area (Å²) in [6.07, 6.45) is 0. The van der Waals surface area contributed by atoms with Gasteiger partial charge in [0.15, 0.2) is 0 Å². The van der Waals surface area contributed by atoms with E-state index in [1.807, 2.05) is 31.2 Å². The molecule has 138 valence electrons. The maximum Gasteiger partial charge on any atom is 0.251 e. The van der Waals surface area contributed by atoms with Gasteiger partial charge in [-0.15, -0.1) is 10.2 Å². The number of hydrogen-bond acceptors (Lipinski definition) is 5. The van der Waals surface area contributed by atoms with Gasteiger partial charge in [0.05, 0.1) is 0 Å². The van der Waals surface area contributed by atoms with Crippen LogP contribution in [0.3, 0.4) is 0 Å². The Balaban J connectivity index is 1.60. The van der Waals surface area contributed by atoms with Gasteiger partial charge in [0.25, 0.3) is 5.91 Å². The van der Waals surface area contributed by atoms with Crippen LogP contribution >= 0.6 is 11.3 Å². The van der Waals surface area contributed by atoms with Crippen LogP contribution in [0.25, 0.3) is 10.6 Å². The fourth-order valence-electron chi connectivity index (χ4n) is 2.25. The van der Waals surface area contributed by atoms with Gasteiger partial charge in [-0.1, -0.05) is 41.2 Å². The topological polar surface area (TPSA) is 84.0 Å². The third kappa shape index (κ3) is 4.73. The number of nitrogens with zero attached hydrogens (tertiary/aromatic N) is 2. The normalized spacial score (nSPS) is 11.7. The predicted molar refractivity (Wildman–Crippen MR) is 102 cm³/mol. The second kappa shape index (κ2) is 8.05. The van der Waals surface area contributed by atoms with Crippen LogP contribution in [0.1, 0.15) is 22.8 Å². The van der Waals surface area contributed by atoms with E-state index in [9.17, 15) is 14.0 Å². The number of rotatable bonds is 5. The number of amides is 2. The highest BCUT2D eigenvalue weighted by Crippen LogP contribution is 2.26. The van der Waals surface area contributed by atoms with E-state index in [2.05, 4.69) is 20.8 Å². The fourth-order valence-corrected chi connectivity index (χ4v) is 3.00. The molecule has 0 unspecified atom stereocenters. The van der Waals surface area contributed by atoms with Crippen LogP contribution in [0, 0.1) is 12.7 Å². The van der Waals surface area contributed by atoms with Gasteiger partial charge >= 0.3 is 0 Å². The molecule has 1 heterocycles. The Labute approximate surface area is 159 Å². The number of nitrogens with one attached hydrogen (secondary N) is 2. The predicted octanol–water partition coefficient (Wildman–Crippen LogP) is 3.41. The Morgan fingerprint density at radius 2 is 1.70 bits per heavy atom. The highest BCUT2D eigenvalue weighted by atomic mass is 32.1. The van der Waals surface area contributed by atoms with Gasteiger partial charge in [-0.3, -0.25) is 14.9 Å².